The Morgan fingerprint density at radius 2 is 1.24 bits per heavy atom. The van der Waals surface area contributed by atoms with Crippen LogP contribution in [0.2, 0.25) is 0 Å². The molecule has 0 bridgehead atoms. The van der Waals surface area contributed by atoms with Crippen molar-refractivity contribution in [2.75, 3.05) is 9.80 Å². The Morgan fingerprint density at radius 3 is 2.00 bits per heavy atom. The van der Waals surface area contributed by atoms with Gasteiger partial charge in [-0.05, 0) is 65.6 Å². The van der Waals surface area contributed by atoms with Crippen molar-refractivity contribution in [3.63, 3.8) is 0 Å². The molecule has 55 heavy (non-hydrogen) atoms. The first-order valence-corrected chi connectivity index (χ1v) is 18.2. The Morgan fingerprint density at radius 1 is 0.582 bits per heavy atom. The van der Waals surface area contributed by atoms with E-state index in [4.69, 9.17) is 9.72 Å². The molecule has 0 atom stereocenters. The Hall–Kier alpha value is -6.13. The Labute approximate surface area is 334 Å². The third-order valence-corrected chi connectivity index (χ3v) is 10.2. The number of ether oxygens (including phenoxy) is 1. The number of nitrogens with zero attached hydrogens (tertiary/aromatic N) is 5. The average molecular weight is 805 g/mol. The van der Waals surface area contributed by atoms with Crippen molar-refractivity contribution in [2.24, 2.45) is 0 Å². The summed E-state index contributed by atoms with van der Waals surface area (Å²) < 4.78 is 11.2. The predicted molar refractivity (Wildman–Crippen MR) is 220 cm³/mol. The quantitative estimate of drug-likeness (QED) is 0.124. The minimum absolute atomic E-state index is 0. The Balaban J connectivity index is 0.00000397. The molecular formula is C48H36N5OPd-3. The molecule has 0 unspecified atom stereocenters. The van der Waals surface area contributed by atoms with E-state index in [2.05, 4.69) is 186 Å². The molecule has 0 saturated heterocycles. The van der Waals surface area contributed by atoms with Gasteiger partial charge in [-0.25, -0.2) is 4.98 Å². The summed E-state index contributed by atoms with van der Waals surface area (Å²) in [5.41, 5.74) is 10.6. The van der Waals surface area contributed by atoms with Crippen LogP contribution in [0.5, 0.6) is 11.5 Å². The molecule has 0 amide bonds. The van der Waals surface area contributed by atoms with E-state index in [-0.39, 0.29) is 25.8 Å². The molecule has 0 aliphatic carbocycles. The maximum absolute atomic E-state index is 6.62. The summed E-state index contributed by atoms with van der Waals surface area (Å²) in [5, 5.41) is 2.20. The molecule has 0 fully saturated rings. The van der Waals surface area contributed by atoms with Gasteiger partial charge in [-0.15, -0.1) is 42.7 Å². The molecule has 10 rings (SSSR count). The fraction of sp³-hybridized carbons (Fsp3) is 0.0833. The first kappa shape index (κ1) is 34.6. The van der Waals surface area contributed by atoms with Gasteiger partial charge in [0.2, 0.25) is 0 Å². The van der Waals surface area contributed by atoms with Crippen LogP contribution in [0.3, 0.4) is 0 Å². The molecule has 1 aliphatic rings. The fourth-order valence-corrected chi connectivity index (χ4v) is 7.63. The summed E-state index contributed by atoms with van der Waals surface area (Å²) in [6.45, 7) is 8.81. The first-order chi connectivity index (χ1) is 26.4. The number of hydrogen-bond donors (Lipinski definition) is 0. The van der Waals surface area contributed by atoms with Gasteiger partial charge in [0.1, 0.15) is 5.82 Å². The van der Waals surface area contributed by atoms with Gasteiger partial charge >= 0.3 is 0 Å². The topological polar surface area (TPSA) is 38.5 Å². The van der Waals surface area contributed by atoms with Crippen molar-refractivity contribution < 1.29 is 25.2 Å². The Kier molecular flexibility index (Phi) is 8.58. The van der Waals surface area contributed by atoms with Gasteiger partial charge in [-0.3, -0.25) is 0 Å². The van der Waals surface area contributed by atoms with Crippen LogP contribution in [0.4, 0.5) is 22.7 Å². The van der Waals surface area contributed by atoms with Crippen molar-refractivity contribution in [3.05, 3.63) is 182 Å². The van der Waals surface area contributed by atoms with Gasteiger partial charge in [-0.1, -0.05) is 98.4 Å². The van der Waals surface area contributed by atoms with Crippen molar-refractivity contribution in [1.82, 2.24) is 14.1 Å². The van der Waals surface area contributed by atoms with Gasteiger partial charge in [0.15, 0.2) is 0 Å². The van der Waals surface area contributed by atoms with Crippen LogP contribution in [-0.4, -0.2) is 14.1 Å². The SMILES string of the molecule is CC(C)(C)c1ccnc(-n2c3[c-]c(Oc4[c-]c(N5[CH-]N(c6ccccc6)c6ccccc65)ccc4)ccc3c3c2c2ccccc2n3-c2ccccc2)c1.[Pd]. The van der Waals surface area contributed by atoms with E-state index in [0.717, 1.165) is 67.1 Å². The molecule has 0 radical (unpaired) electrons. The third kappa shape index (κ3) is 5.88. The van der Waals surface area contributed by atoms with Crippen LogP contribution in [0.1, 0.15) is 26.3 Å². The summed E-state index contributed by atoms with van der Waals surface area (Å²) in [5.74, 6) is 2.03. The van der Waals surface area contributed by atoms with Crippen LogP contribution in [0, 0.1) is 18.8 Å². The number of rotatable bonds is 6. The molecule has 3 aromatic heterocycles. The maximum Gasteiger partial charge on any atom is 0.135 e. The number of pyridine rings is 1. The van der Waals surface area contributed by atoms with Crippen molar-refractivity contribution in [2.45, 2.75) is 26.2 Å². The van der Waals surface area contributed by atoms with E-state index in [1.54, 1.807) is 0 Å². The number of anilines is 4. The average Bonchev–Trinajstić information content (AvgIpc) is 3.86. The number of hydrogen-bond acceptors (Lipinski definition) is 4. The van der Waals surface area contributed by atoms with E-state index < -0.39 is 0 Å². The number of fused-ring (bicyclic) bond motifs is 6. The molecule has 4 heterocycles. The second kappa shape index (κ2) is 13.6. The molecule has 6 nitrogen and oxygen atoms in total. The third-order valence-electron chi connectivity index (χ3n) is 10.2. The molecule has 0 spiro atoms. The van der Waals surface area contributed by atoms with E-state index >= 15 is 0 Å². The zero-order chi connectivity index (χ0) is 36.4. The molecular weight excluding hydrogens is 769 g/mol. The van der Waals surface area contributed by atoms with Gasteiger partial charge in [0, 0.05) is 71.8 Å². The maximum atomic E-state index is 6.62. The zero-order valence-corrected chi connectivity index (χ0v) is 32.1. The van der Waals surface area contributed by atoms with Crippen molar-refractivity contribution >= 4 is 55.6 Å². The molecule has 7 heteroatoms. The number of para-hydroxylation sites is 5. The smallest absolute Gasteiger partial charge is 0.135 e. The zero-order valence-electron chi connectivity index (χ0n) is 30.5. The number of benzene rings is 6. The molecule has 0 N–H and O–H groups in total. The standard InChI is InChI=1S/C48H36N5O.Pd/c1-48(2,3)33-27-28-49-45(29-33)53-44-31-38(25-26-40(44)46-47(53)39-21-10-11-22-41(39)52(46)35-17-8-5-9-18-35)54-37-20-14-19-36(30-37)51-32-50(34-15-6-4-7-16-34)42-23-12-13-24-43(42)51;/h4-29,32H,1-3H3;/q-3;. The second-order valence-electron chi connectivity index (χ2n) is 14.6. The van der Waals surface area contributed by atoms with Crippen molar-refractivity contribution in [1.29, 1.82) is 0 Å². The van der Waals surface area contributed by atoms with E-state index in [0.29, 0.717) is 11.5 Å². The van der Waals surface area contributed by atoms with Crippen LogP contribution in [0.25, 0.3) is 44.3 Å². The summed E-state index contributed by atoms with van der Waals surface area (Å²) in [6.07, 6.45) is 1.91. The molecule has 6 aromatic carbocycles. The molecule has 1 aliphatic heterocycles. The van der Waals surface area contributed by atoms with E-state index in [9.17, 15) is 0 Å². The fourth-order valence-electron chi connectivity index (χ4n) is 7.63. The largest absolute Gasteiger partial charge is 0.509 e. The monoisotopic (exact) mass is 804 g/mol. The summed E-state index contributed by atoms with van der Waals surface area (Å²) in [4.78, 5) is 9.33. The van der Waals surface area contributed by atoms with Gasteiger partial charge in [0.25, 0.3) is 0 Å². The number of aromatic nitrogens is 3. The molecule has 272 valence electrons. The summed E-state index contributed by atoms with van der Waals surface area (Å²) in [6, 6.07) is 59.6. The van der Waals surface area contributed by atoms with Crippen LogP contribution in [-0.2, 0) is 25.8 Å². The minimum Gasteiger partial charge on any atom is -0.509 e. The van der Waals surface area contributed by atoms with Crippen molar-refractivity contribution in [3.8, 4) is 23.0 Å². The van der Waals surface area contributed by atoms with E-state index in [1.165, 1.54) is 5.56 Å². The molecule has 9 aromatic rings. The van der Waals surface area contributed by atoms with Crippen LogP contribution >= 0.6 is 0 Å². The van der Waals surface area contributed by atoms with Gasteiger partial charge in [0.05, 0.1) is 11.0 Å². The minimum atomic E-state index is -0.0535. The summed E-state index contributed by atoms with van der Waals surface area (Å²) >= 11 is 0. The predicted octanol–water partition coefficient (Wildman–Crippen LogP) is 12.2. The van der Waals surface area contributed by atoms with Gasteiger partial charge in [-0.2, -0.15) is 12.1 Å². The van der Waals surface area contributed by atoms with Crippen LogP contribution < -0.4 is 14.5 Å². The van der Waals surface area contributed by atoms with Crippen LogP contribution in [0.15, 0.2) is 158 Å². The van der Waals surface area contributed by atoms with Gasteiger partial charge < -0.3 is 23.7 Å². The normalized spacial score (nSPS) is 12.7. The van der Waals surface area contributed by atoms with E-state index in [1.807, 2.05) is 30.5 Å². The molecule has 0 saturated carbocycles. The summed E-state index contributed by atoms with van der Waals surface area (Å²) in [7, 11) is 0. The Bertz CT molecular complexity index is 2840. The first-order valence-electron chi connectivity index (χ1n) is 18.2. The second-order valence-corrected chi connectivity index (χ2v) is 14.6.